The molecule has 0 aliphatic heterocycles. The van der Waals surface area contributed by atoms with E-state index < -0.39 is 5.97 Å². The Morgan fingerprint density at radius 1 is 1.32 bits per heavy atom. The summed E-state index contributed by atoms with van der Waals surface area (Å²) in [6.07, 6.45) is 3.23. The molecule has 0 aromatic heterocycles. The van der Waals surface area contributed by atoms with Gasteiger partial charge in [0.25, 0.3) is 0 Å². The van der Waals surface area contributed by atoms with Crippen molar-refractivity contribution in [2.24, 2.45) is 0 Å². The van der Waals surface area contributed by atoms with Crippen molar-refractivity contribution in [3.05, 3.63) is 23.8 Å². The van der Waals surface area contributed by atoms with Crippen LogP contribution in [0.1, 0.15) is 43.0 Å². The van der Waals surface area contributed by atoms with E-state index in [-0.39, 0.29) is 11.5 Å². The molecule has 1 aromatic rings. The summed E-state index contributed by atoms with van der Waals surface area (Å²) in [6.45, 7) is 2.06. The van der Waals surface area contributed by atoms with E-state index in [1.165, 1.54) is 13.2 Å². The number of carbonyl (C=O) groups excluding carboxylic acids is 1. The van der Waals surface area contributed by atoms with Gasteiger partial charge in [-0.2, -0.15) is 0 Å². The summed E-state index contributed by atoms with van der Waals surface area (Å²) in [7, 11) is 1.46. The van der Waals surface area contributed by atoms with Gasteiger partial charge in [0.1, 0.15) is 5.75 Å². The molecule has 0 aliphatic rings. The van der Waals surface area contributed by atoms with E-state index in [9.17, 15) is 9.59 Å². The maximum atomic E-state index is 11.7. The van der Waals surface area contributed by atoms with E-state index in [0.717, 1.165) is 19.3 Å². The Labute approximate surface area is 112 Å². The molecule has 0 bridgehead atoms. The van der Waals surface area contributed by atoms with Crippen LogP contribution in [0.4, 0.5) is 5.69 Å². The van der Waals surface area contributed by atoms with E-state index in [1.807, 2.05) is 0 Å². The summed E-state index contributed by atoms with van der Waals surface area (Å²) in [4.78, 5) is 22.8. The molecule has 0 spiro atoms. The average Bonchev–Trinajstić information content (AvgIpc) is 2.39. The lowest BCUT2D eigenvalue weighted by Crippen LogP contribution is -2.14. The Morgan fingerprint density at radius 3 is 2.63 bits per heavy atom. The van der Waals surface area contributed by atoms with Crippen molar-refractivity contribution >= 4 is 17.6 Å². The van der Waals surface area contributed by atoms with Gasteiger partial charge in [0.05, 0.1) is 18.4 Å². The molecule has 0 saturated heterocycles. The molecule has 2 N–H and O–H groups in total. The second-order valence-corrected chi connectivity index (χ2v) is 4.22. The molecule has 104 valence electrons. The number of nitrogens with one attached hydrogen (secondary N) is 1. The number of carboxylic acid groups (broad SMARTS) is 1. The van der Waals surface area contributed by atoms with Crippen LogP contribution in [-0.2, 0) is 4.79 Å². The number of aromatic carboxylic acids is 1. The fourth-order valence-corrected chi connectivity index (χ4v) is 1.68. The first-order valence-corrected chi connectivity index (χ1v) is 6.29. The summed E-state index contributed by atoms with van der Waals surface area (Å²) in [5, 5.41) is 11.7. The lowest BCUT2D eigenvalue weighted by molar-refractivity contribution is -0.116. The Morgan fingerprint density at radius 2 is 2.05 bits per heavy atom. The zero-order valence-corrected chi connectivity index (χ0v) is 11.2. The SMILES string of the molecule is CCCCCC(=O)Nc1ccc(OC)cc1C(=O)O. The number of carbonyl (C=O) groups is 2. The van der Waals surface area contributed by atoms with Crippen LogP contribution in [0.25, 0.3) is 0 Å². The number of ether oxygens (including phenoxy) is 1. The number of anilines is 1. The highest BCUT2D eigenvalue weighted by Crippen LogP contribution is 2.22. The molecule has 5 heteroatoms. The molecular weight excluding hydrogens is 246 g/mol. The molecule has 0 aliphatic carbocycles. The van der Waals surface area contributed by atoms with E-state index in [2.05, 4.69) is 12.2 Å². The number of benzene rings is 1. The van der Waals surface area contributed by atoms with E-state index in [0.29, 0.717) is 17.9 Å². The molecule has 0 unspecified atom stereocenters. The van der Waals surface area contributed by atoms with Gasteiger partial charge in [0, 0.05) is 6.42 Å². The van der Waals surface area contributed by atoms with Crippen molar-refractivity contribution in [1.82, 2.24) is 0 Å². The van der Waals surface area contributed by atoms with E-state index >= 15 is 0 Å². The van der Waals surface area contributed by atoms with Crippen molar-refractivity contribution in [2.45, 2.75) is 32.6 Å². The van der Waals surface area contributed by atoms with Crippen molar-refractivity contribution in [1.29, 1.82) is 0 Å². The van der Waals surface area contributed by atoms with Gasteiger partial charge in [-0.3, -0.25) is 4.79 Å². The number of amides is 1. The predicted molar refractivity (Wildman–Crippen MR) is 72.7 cm³/mol. The van der Waals surface area contributed by atoms with E-state index in [1.54, 1.807) is 12.1 Å². The van der Waals surface area contributed by atoms with Gasteiger partial charge < -0.3 is 15.2 Å². The third kappa shape index (κ3) is 4.62. The Balaban J connectivity index is 2.77. The number of hydrogen-bond donors (Lipinski definition) is 2. The standard InChI is InChI=1S/C14H19NO4/c1-3-4-5-6-13(16)15-12-8-7-10(19-2)9-11(12)14(17)18/h7-9H,3-6H2,1-2H3,(H,15,16)(H,17,18). The molecule has 1 amide bonds. The minimum absolute atomic E-state index is 0.0307. The van der Waals surface area contributed by atoms with Crippen LogP contribution in [0.5, 0.6) is 5.75 Å². The molecule has 5 nitrogen and oxygen atoms in total. The first-order valence-electron chi connectivity index (χ1n) is 6.29. The second-order valence-electron chi connectivity index (χ2n) is 4.22. The van der Waals surface area contributed by atoms with Crippen molar-refractivity contribution in [3.63, 3.8) is 0 Å². The second kappa shape index (κ2) is 7.41. The molecule has 1 rings (SSSR count). The lowest BCUT2D eigenvalue weighted by Gasteiger charge is -2.10. The fraction of sp³-hybridized carbons (Fsp3) is 0.429. The normalized spacial score (nSPS) is 10.0. The zero-order valence-electron chi connectivity index (χ0n) is 11.2. The lowest BCUT2D eigenvalue weighted by atomic mass is 10.1. The molecule has 1 aromatic carbocycles. The van der Waals surface area contributed by atoms with Crippen LogP contribution in [0.15, 0.2) is 18.2 Å². The molecule has 0 heterocycles. The summed E-state index contributed by atoms with van der Waals surface area (Å²) in [5.41, 5.74) is 0.331. The smallest absolute Gasteiger partial charge is 0.337 e. The maximum absolute atomic E-state index is 11.7. The van der Waals surface area contributed by atoms with Gasteiger partial charge in [-0.1, -0.05) is 19.8 Å². The van der Waals surface area contributed by atoms with Crippen molar-refractivity contribution in [3.8, 4) is 5.75 Å². The van der Waals surface area contributed by atoms with Crippen molar-refractivity contribution in [2.75, 3.05) is 12.4 Å². The number of carboxylic acids is 1. The van der Waals surface area contributed by atoms with Gasteiger partial charge in [-0.05, 0) is 24.6 Å². The summed E-state index contributed by atoms with van der Waals surface area (Å²) in [6, 6.07) is 4.55. The van der Waals surface area contributed by atoms with Crippen molar-refractivity contribution < 1.29 is 19.4 Å². The summed E-state index contributed by atoms with van der Waals surface area (Å²) < 4.78 is 4.97. The minimum Gasteiger partial charge on any atom is -0.497 e. The largest absolute Gasteiger partial charge is 0.497 e. The van der Waals surface area contributed by atoms with Gasteiger partial charge >= 0.3 is 5.97 Å². The predicted octanol–water partition coefficient (Wildman–Crippen LogP) is 2.91. The van der Waals surface area contributed by atoms with Crippen LogP contribution < -0.4 is 10.1 Å². The first-order chi connectivity index (χ1) is 9.08. The topological polar surface area (TPSA) is 75.6 Å². The minimum atomic E-state index is -1.09. The zero-order chi connectivity index (χ0) is 14.3. The van der Waals surface area contributed by atoms with E-state index in [4.69, 9.17) is 9.84 Å². The van der Waals surface area contributed by atoms with Gasteiger partial charge in [0.2, 0.25) is 5.91 Å². The van der Waals surface area contributed by atoms with Crippen LogP contribution >= 0.6 is 0 Å². The highest BCUT2D eigenvalue weighted by atomic mass is 16.5. The van der Waals surface area contributed by atoms with Gasteiger partial charge in [0.15, 0.2) is 0 Å². The Kier molecular flexibility index (Phi) is 5.85. The molecule has 0 saturated carbocycles. The molecule has 19 heavy (non-hydrogen) atoms. The van der Waals surface area contributed by atoms with Gasteiger partial charge in [-0.15, -0.1) is 0 Å². The number of rotatable bonds is 7. The number of hydrogen-bond acceptors (Lipinski definition) is 3. The van der Waals surface area contributed by atoms with Crippen LogP contribution in [0.3, 0.4) is 0 Å². The Bertz CT molecular complexity index is 457. The Hall–Kier alpha value is -2.04. The monoisotopic (exact) mass is 265 g/mol. The number of unbranched alkanes of at least 4 members (excludes halogenated alkanes) is 2. The summed E-state index contributed by atoms with van der Waals surface area (Å²) in [5.74, 6) is -0.815. The molecular formula is C14H19NO4. The quantitative estimate of drug-likeness (QED) is 0.743. The third-order valence-electron chi connectivity index (χ3n) is 2.74. The first kappa shape index (κ1) is 15.0. The van der Waals surface area contributed by atoms with Crippen LogP contribution in [0, 0.1) is 0 Å². The molecule has 0 fully saturated rings. The highest BCUT2D eigenvalue weighted by molar-refractivity contribution is 6.00. The van der Waals surface area contributed by atoms with Gasteiger partial charge in [-0.25, -0.2) is 4.79 Å². The van der Waals surface area contributed by atoms with Crippen LogP contribution in [-0.4, -0.2) is 24.1 Å². The highest BCUT2D eigenvalue weighted by Gasteiger charge is 2.13. The maximum Gasteiger partial charge on any atom is 0.337 e. The molecule has 0 atom stereocenters. The summed E-state index contributed by atoms with van der Waals surface area (Å²) >= 11 is 0. The molecule has 0 radical (unpaired) electrons. The third-order valence-corrected chi connectivity index (χ3v) is 2.74. The average molecular weight is 265 g/mol. The van der Waals surface area contributed by atoms with Crippen LogP contribution in [0.2, 0.25) is 0 Å². The fourth-order valence-electron chi connectivity index (χ4n) is 1.68. The number of methoxy groups -OCH3 is 1.